The number of ether oxygens (including phenoxy) is 2. The molecule has 0 aromatic carbocycles. The minimum absolute atomic E-state index is 0.0345. The van der Waals surface area contributed by atoms with E-state index < -0.39 is 11.5 Å². The third kappa shape index (κ3) is 4.96. The van der Waals surface area contributed by atoms with Gasteiger partial charge in [-0.15, -0.1) is 0 Å². The Morgan fingerprint density at radius 2 is 2.03 bits per heavy atom. The molecule has 0 amide bonds. The van der Waals surface area contributed by atoms with E-state index in [-0.39, 0.29) is 54.1 Å². The number of allylic oxidation sites excluding steroid dienone is 1. The van der Waals surface area contributed by atoms with E-state index in [1.54, 1.807) is 6.08 Å². The zero-order valence-corrected chi connectivity index (χ0v) is 18.7. The fraction of sp³-hybridized carbons (Fsp3) is 0.792. The minimum Gasteiger partial charge on any atom is -0.462 e. The predicted molar refractivity (Wildman–Crippen MR) is 111 cm³/mol. The van der Waals surface area contributed by atoms with E-state index in [4.69, 9.17) is 9.47 Å². The Labute approximate surface area is 179 Å². The molecule has 6 atom stereocenters. The Bertz CT molecular complexity index is 708. The van der Waals surface area contributed by atoms with Crippen molar-refractivity contribution in [2.24, 2.45) is 23.2 Å². The van der Waals surface area contributed by atoms with Crippen molar-refractivity contribution in [1.82, 2.24) is 0 Å². The van der Waals surface area contributed by atoms with Crippen molar-refractivity contribution >= 4 is 17.7 Å². The maximum atomic E-state index is 12.8. The van der Waals surface area contributed by atoms with Crippen LogP contribution in [0.15, 0.2) is 11.6 Å². The Balaban J connectivity index is 1.76. The van der Waals surface area contributed by atoms with Crippen LogP contribution in [0, 0.1) is 23.2 Å². The number of ketones is 1. The van der Waals surface area contributed by atoms with Crippen molar-refractivity contribution in [3.8, 4) is 0 Å². The van der Waals surface area contributed by atoms with Crippen molar-refractivity contribution < 1.29 is 29.0 Å². The number of rotatable bonds is 6. The van der Waals surface area contributed by atoms with Crippen LogP contribution in [0.3, 0.4) is 0 Å². The van der Waals surface area contributed by atoms with Crippen LogP contribution in [0.5, 0.6) is 0 Å². The third-order valence-corrected chi connectivity index (χ3v) is 7.41. The summed E-state index contributed by atoms with van der Waals surface area (Å²) in [7, 11) is 0. The molecule has 0 aromatic heterocycles. The summed E-state index contributed by atoms with van der Waals surface area (Å²) in [5.41, 5.74) is 0.571. The lowest BCUT2D eigenvalue weighted by atomic mass is 9.64. The second-order valence-corrected chi connectivity index (χ2v) is 9.96. The van der Waals surface area contributed by atoms with E-state index >= 15 is 0 Å². The molecule has 0 spiro atoms. The Hall–Kier alpha value is -1.69. The molecule has 0 aromatic rings. The van der Waals surface area contributed by atoms with E-state index in [2.05, 4.69) is 0 Å². The minimum atomic E-state index is -0.656. The first-order valence-corrected chi connectivity index (χ1v) is 11.4. The van der Waals surface area contributed by atoms with Crippen LogP contribution in [0.25, 0.3) is 0 Å². The molecule has 6 nitrogen and oxygen atoms in total. The molecule has 1 saturated heterocycles. The molecule has 2 fully saturated rings. The molecule has 0 unspecified atom stereocenters. The van der Waals surface area contributed by atoms with Crippen molar-refractivity contribution in [1.29, 1.82) is 0 Å². The number of fused-ring (bicyclic) bond motifs is 1. The monoisotopic (exact) mass is 420 g/mol. The van der Waals surface area contributed by atoms with Gasteiger partial charge in [-0.25, -0.2) is 0 Å². The average Bonchev–Trinajstić information content (AvgIpc) is 2.67. The zero-order chi connectivity index (χ0) is 22.1. The second kappa shape index (κ2) is 9.21. The average molecular weight is 421 g/mol. The van der Waals surface area contributed by atoms with Gasteiger partial charge in [0.05, 0.1) is 17.9 Å². The summed E-state index contributed by atoms with van der Waals surface area (Å²) in [6, 6.07) is 0. The molecule has 6 heteroatoms. The molecule has 168 valence electrons. The zero-order valence-electron chi connectivity index (χ0n) is 18.7. The fourth-order valence-electron chi connectivity index (χ4n) is 5.07. The SMILES string of the molecule is CCC(C)(C)C(=O)O[C@H]1CCCC2=CC(=O)[C@@H](C)[C@@H](CC[C@@H]3C[C@@H](O)CC(=O)O3)[C@H]21. The highest BCUT2D eigenvalue weighted by Crippen LogP contribution is 2.46. The Kier molecular flexibility index (Phi) is 7.05. The molecular weight excluding hydrogens is 384 g/mol. The number of aliphatic hydroxyl groups excluding tert-OH is 1. The number of carbonyl (C=O) groups excluding carboxylic acids is 3. The summed E-state index contributed by atoms with van der Waals surface area (Å²) < 4.78 is 11.5. The lowest BCUT2D eigenvalue weighted by Crippen LogP contribution is -2.45. The molecule has 1 N–H and O–H groups in total. The van der Waals surface area contributed by atoms with Crippen LogP contribution in [-0.4, -0.2) is 41.1 Å². The van der Waals surface area contributed by atoms with E-state index in [0.717, 1.165) is 24.8 Å². The summed E-state index contributed by atoms with van der Waals surface area (Å²) in [5.74, 6) is -0.498. The van der Waals surface area contributed by atoms with Gasteiger partial charge in [-0.3, -0.25) is 14.4 Å². The van der Waals surface area contributed by atoms with Crippen LogP contribution in [0.1, 0.15) is 79.1 Å². The fourth-order valence-corrected chi connectivity index (χ4v) is 5.07. The highest BCUT2D eigenvalue weighted by atomic mass is 16.6. The van der Waals surface area contributed by atoms with Crippen molar-refractivity contribution in [3.63, 3.8) is 0 Å². The van der Waals surface area contributed by atoms with Gasteiger partial charge in [-0.05, 0) is 64.4 Å². The predicted octanol–water partition coefficient (Wildman–Crippen LogP) is 3.74. The molecule has 0 radical (unpaired) electrons. The van der Waals surface area contributed by atoms with Gasteiger partial charge in [0, 0.05) is 18.3 Å². The van der Waals surface area contributed by atoms with Crippen LogP contribution in [0.4, 0.5) is 0 Å². The number of carbonyl (C=O) groups is 3. The maximum Gasteiger partial charge on any atom is 0.311 e. The molecule has 2 aliphatic carbocycles. The summed E-state index contributed by atoms with van der Waals surface area (Å²) >= 11 is 0. The molecule has 30 heavy (non-hydrogen) atoms. The Morgan fingerprint density at radius 3 is 2.70 bits per heavy atom. The van der Waals surface area contributed by atoms with Crippen molar-refractivity contribution in [2.75, 3.05) is 0 Å². The van der Waals surface area contributed by atoms with Gasteiger partial charge in [0.2, 0.25) is 0 Å². The highest BCUT2D eigenvalue weighted by Gasteiger charge is 2.45. The smallest absolute Gasteiger partial charge is 0.311 e. The number of hydrogen-bond acceptors (Lipinski definition) is 6. The molecule has 3 aliphatic rings. The number of esters is 2. The van der Waals surface area contributed by atoms with Gasteiger partial charge >= 0.3 is 11.9 Å². The van der Waals surface area contributed by atoms with Gasteiger partial charge < -0.3 is 14.6 Å². The van der Waals surface area contributed by atoms with Crippen LogP contribution in [0.2, 0.25) is 0 Å². The second-order valence-electron chi connectivity index (χ2n) is 9.96. The van der Waals surface area contributed by atoms with Gasteiger partial charge in [0.15, 0.2) is 5.78 Å². The van der Waals surface area contributed by atoms with Gasteiger partial charge in [0.25, 0.3) is 0 Å². The van der Waals surface area contributed by atoms with E-state index in [9.17, 15) is 19.5 Å². The van der Waals surface area contributed by atoms with E-state index in [0.29, 0.717) is 25.7 Å². The van der Waals surface area contributed by atoms with E-state index in [1.807, 2.05) is 27.7 Å². The first-order valence-electron chi connectivity index (χ1n) is 11.4. The van der Waals surface area contributed by atoms with E-state index in [1.165, 1.54) is 0 Å². The van der Waals surface area contributed by atoms with Crippen LogP contribution < -0.4 is 0 Å². The molecule has 1 saturated carbocycles. The topological polar surface area (TPSA) is 89.9 Å². The summed E-state index contributed by atoms with van der Waals surface area (Å²) in [4.78, 5) is 37.1. The standard InChI is InChI=1S/C24H36O6/c1-5-24(3,4)23(28)30-20-8-6-7-15-11-19(26)14(2)18(22(15)20)10-9-17-12-16(25)13-21(27)29-17/h11,14,16-18,20,22,25H,5-10,12-13H2,1-4H3/t14-,16+,17+,18+,20-,22-/m0/s1. The molecule has 0 bridgehead atoms. The summed E-state index contributed by atoms with van der Waals surface area (Å²) in [6.07, 6.45) is 5.67. The number of hydrogen-bond donors (Lipinski definition) is 1. The third-order valence-electron chi connectivity index (χ3n) is 7.41. The highest BCUT2D eigenvalue weighted by molar-refractivity contribution is 5.93. The first kappa shape index (κ1) is 23.0. The first-order chi connectivity index (χ1) is 14.1. The molecular formula is C24H36O6. The Morgan fingerprint density at radius 1 is 1.30 bits per heavy atom. The molecule has 3 rings (SSSR count). The van der Waals surface area contributed by atoms with Gasteiger partial charge in [-0.1, -0.05) is 19.4 Å². The van der Waals surface area contributed by atoms with Crippen molar-refractivity contribution in [3.05, 3.63) is 11.6 Å². The molecule has 1 aliphatic heterocycles. The van der Waals surface area contributed by atoms with Gasteiger partial charge in [0.1, 0.15) is 12.2 Å². The van der Waals surface area contributed by atoms with Crippen LogP contribution in [-0.2, 0) is 23.9 Å². The largest absolute Gasteiger partial charge is 0.462 e. The van der Waals surface area contributed by atoms with Crippen LogP contribution >= 0.6 is 0 Å². The molecule has 1 heterocycles. The summed E-state index contributed by atoms with van der Waals surface area (Å²) in [5, 5.41) is 9.89. The maximum absolute atomic E-state index is 12.8. The normalized spacial score (nSPS) is 34.6. The quantitative estimate of drug-likeness (QED) is 0.659. The lowest BCUT2D eigenvalue weighted by molar-refractivity contribution is -0.166. The van der Waals surface area contributed by atoms with Crippen molar-refractivity contribution in [2.45, 2.75) is 97.4 Å². The number of cyclic esters (lactones) is 1. The van der Waals surface area contributed by atoms with Gasteiger partial charge in [-0.2, -0.15) is 0 Å². The summed E-state index contributed by atoms with van der Waals surface area (Å²) in [6.45, 7) is 7.74. The number of aliphatic hydroxyl groups is 1. The lowest BCUT2D eigenvalue weighted by Gasteiger charge is -2.44.